The van der Waals surface area contributed by atoms with Crippen molar-refractivity contribution in [2.75, 3.05) is 0 Å². The fourth-order valence-corrected chi connectivity index (χ4v) is 2.15. The van der Waals surface area contributed by atoms with Crippen LogP contribution in [0.4, 0.5) is 0 Å². The zero-order valence-corrected chi connectivity index (χ0v) is 14.0. The van der Waals surface area contributed by atoms with Gasteiger partial charge in [0.15, 0.2) is 0 Å². The molecule has 0 fully saturated rings. The van der Waals surface area contributed by atoms with E-state index in [-0.39, 0.29) is 11.7 Å². The van der Waals surface area contributed by atoms with Crippen molar-refractivity contribution in [3.8, 4) is 6.07 Å². The van der Waals surface area contributed by atoms with Gasteiger partial charge in [-0.3, -0.25) is 0 Å². The molecule has 0 aliphatic rings. The maximum absolute atomic E-state index is 12.1. The molecule has 0 saturated heterocycles. The minimum absolute atomic E-state index is 0.0334. The van der Waals surface area contributed by atoms with Crippen molar-refractivity contribution < 1.29 is 9.53 Å². The molecule has 3 heteroatoms. The Morgan fingerprint density at radius 1 is 1.26 bits per heavy atom. The van der Waals surface area contributed by atoms with Gasteiger partial charge >= 0.3 is 5.97 Å². The Hall–Kier alpha value is -2.34. The van der Waals surface area contributed by atoms with Gasteiger partial charge < -0.3 is 4.74 Å². The minimum atomic E-state index is -0.534. The standard InChI is InChI=1S/C20H25NO2/c1-3-5-7-15-19(4-2)23-20(22)18(16-21)14-10-13-17-11-8-6-9-12-17/h6,8-14,19H,3-5,7,15H2,1-2H3. The lowest BCUT2D eigenvalue weighted by atomic mass is 10.1. The molecule has 0 aliphatic carbocycles. The largest absolute Gasteiger partial charge is 0.458 e. The van der Waals surface area contributed by atoms with Gasteiger partial charge in [0.2, 0.25) is 0 Å². The van der Waals surface area contributed by atoms with Crippen LogP contribution < -0.4 is 0 Å². The smallest absolute Gasteiger partial charge is 0.349 e. The monoisotopic (exact) mass is 311 g/mol. The Labute approximate surface area is 139 Å². The van der Waals surface area contributed by atoms with Crippen molar-refractivity contribution in [3.63, 3.8) is 0 Å². The van der Waals surface area contributed by atoms with Gasteiger partial charge in [-0.15, -0.1) is 0 Å². The highest BCUT2D eigenvalue weighted by Gasteiger charge is 2.15. The Morgan fingerprint density at radius 3 is 2.61 bits per heavy atom. The van der Waals surface area contributed by atoms with E-state index in [1.54, 1.807) is 6.08 Å². The molecule has 0 amide bonds. The zero-order valence-electron chi connectivity index (χ0n) is 14.0. The highest BCUT2D eigenvalue weighted by atomic mass is 16.5. The second-order valence-corrected chi connectivity index (χ2v) is 5.39. The predicted octanol–water partition coefficient (Wildman–Crippen LogP) is 5.05. The van der Waals surface area contributed by atoms with Crippen LogP contribution in [0.5, 0.6) is 0 Å². The first kappa shape index (κ1) is 18.7. The molecule has 1 unspecified atom stereocenters. The molecule has 0 bridgehead atoms. The number of ether oxygens (including phenoxy) is 1. The summed E-state index contributed by atoms with van der Waals surface area (Å²) in [6.07, 6.45) is 9.89. The number of benzene rings is 1. The highest BCUT2D eigenvalue weighted by molar-refractivity contribution is 5.93. The first-order valence-electron chi connectivity index (χ1n) is 8.25. The number of allylic oxidation sites excluding steroid dienone is 2. The number of nitriles is 1. The molecule has 0 aromatic heterocycles. The van der Waals surface area contributed by atoms with Crippen molar-refractivity contribution in [2.24, 2.45) is 0 Å². The molecule has 3 nitrogen and oxygen atoms in total. The predicted molar refractivity (Wildman–Crippen MR) is 93.5 cm³/mol. The molecule has 1 atom stereocenters. The molecular formula is C20H25NO2. The second kappa shape index (κ2) is 11.3. The van der Waals surface area contributed by atoms with Gasteiger partial charge in [-0.1, -0.05) is 69.2 Å². The van der Waals surface area contributed by atoms with Crippen LogP contribution in [0.3, 0.4) is 0 Å². The molecule has 1 aromatic rings. The summed E-state index contributed by atoms with van der Waals surface area (Å²) in [5.41, 5.74) is 1.05. The third kappa shape index (κ3) is 7.46. The van der Waals surface area contributed by atoms with Crippen LogP contribution >= 0.6 is 0 Å². The molecule has 0 spiro atoms. The number of hydrogen-bond donors (Lipinski definition) is 0. The van der Waals surface area contributed by atoms with E-state index in [9.17, 15) is 4.79 Å². The van der Waals surface area contributed by atoms with Gasteiger partial charge in [0.25, 0.3) is 0 Å². The maximum Gasteiger partial charge on any atom is 0.349 e. The lowest BCUT2D eigenvalue weighted by Gasteiger charge is -2.15. The Balaban J connectivity index is 2.61. The summed E-state index contributed by atoms with van der Waals surface area (Å²) in [4.78, 5) is 12.1. The quantitative estimate of drug-likeness (QED) is 0.211. The van der Waals surface area contributed by atoms with E-state index in [1.165, 1.54) is 6.08 Å². The number of rotatable bonds is 9. The summed E-state index contributed by atoms with van der Waals surface area (Å²) in [6.45, 7) is 4.14. The third-order valence-corrected chi connectivity index (χ3v) is 3.55. The number of nitrogens with zero attached hydrogens (tertiary/aromatic N) is 1. The highest BCUT2D eigenvalue weighted by Crippen LogP contribution is 2.12. The second-order valence-electron chi connectivity index (χ2n) is 5.39. The van der Waals surface area contributed by atoms with Crippen molar-refractivity contribution in [1.29, 1.82) is 5.26 Å². The van der Waals surface area contributed by atoms with E-state index < -0.39 is 5.97 Å². The average molecular weight is 311 g/mol. The Kier molecular flexibility index (Phi) is 9.16. The molecule has 122 valence electrons. The molecule has 0 N–H and O–H groups in total. The average Bonchev–Trinajstić information content (AvgIpc) is 2.58. The summed E-state index contributed by atoms with van der Waals surface area (Å²) >= 11 is 0. The summed E-state index contributed by atoms with van der Waals surface area (Å²) in [5, 5.41) is 9.14. The van der Waals surface area contributed by atoms with Gasteiger partial charge in [0.05, 0.1) is 0 Å². The number of carbonyl (C=O) groups is 1. The zero-order chi connectivity index (χ0) is 16.9. The van der Waals surface area contributed by atoms with Gasteiger partial charge in [0, 0.05) is 0 Å². The van der Waals surface area contributed by atoms with Crippen molar-refractivity contribution in [3.05, 3.63) is 53.6 Å². The van der Waals surface area contributed by atoms with E-state index in [0.29, 0.717) is 0 Å². The molecule has 0 saturated carbocycles. The molecule has 0 aliphatic heterocycles. The van der Waals surface area contributed by atoms with Crippen LogP contribution in [-0.4, -0.2) is 12.1 Å². The summed E-state index contributed by atoms with van der Waals surface area (Å²) < 4.78 is 5.44. The normalized spacial score (nSPS) is 12.8. The molecule has 23 heavy (non-hydrogen) atoms. The van der Waals surface area contributed by atoms with Crippen LogP contribution in [0.15, 0.2) is 48.1 Å². The van der Waals surface area contributed by atoms with Crippen LogP contribution in [0.25, 0.3) is 6.08 Å². The maximum atomic E-state index is 12.1. The summed E-state index contributed by atoms with van der Waals surface area (Å²) in [7, 11) is 0. The first-order chi connectivity index (χ1) is 11.2. The first-order valence-corrected chi connectivity index (χ1v) is 8.25. The lowest BCUT2D eigenvalue weighted by molar-refractivity contribution is -0.144. The third-order valence-electron chi connectivity index (χ3n) is 3.55. The van der Waals surface area contributed by atoms with E-state index in [1.807, 2.05) is 49.4 Å². The Bertz CT molecular complexity index is 567. The van der Waals surface area contributed by atoms with Crippen molar-refractivity contribution >= 4 is 12.0 Å². The van der Waals surface area contributed by atoms with Gasteiger partial charge in [-0.2, -0.15) is 5.26 Å². The molecule has 0 radical (unpaired) electrons. The number of unbranched alkanes of at least 4 members (excludes halogenated alkanes) is 2. The van der Waals surface area contributed by atoms with Crippen molar-refractivity contribution in [1.82, 2.24) is 0 Å². The van der Waals surface area contributed by atoms with Crippen LogP contribution in [0.1, 0.15) is 51.5 Å². The van der Waals surface area contributed by atoms with E-state index in [2.05, 4.69) is 6.92 Å². The van der Waals surface area contributed by atoms with Gasteiger partial charge in [-0.05, 0) is 30.9 Å². The van der Waals surface area contributed by atoms with E-state index in [0.717, 1.165) is 37.7 Å². The van der Waals surface area contributed by atoms with Gasteiger partial charge in [0.1, 0.15) is 17.7 Å². The van der Waals surface area contributed by atoms with Crippen LogP contribution in [0.2, 0.25) is 0 Å². The molecular weight excluding hydrogens is 286 g/mol. The molecule has 0 heterocycles. The number of carbonyl (C=O) groups excluding carboxylic acids is 1. The fraction of sp³-hybridized carbons (Fsp3) is 0.400. The van der Waals surface area contributed by atoms with Gasteiger partial charge in [-0.25, -0.2) is 4.79 Å². The Morgan fingerprint density at radius 2 is 2.00 bits per heavy atom. The SMILES string of the molecule is CCCCCC(CC)OC(=O)C(C#N)=CC=Cc1ccccc1. The summed E-state index contributed by atoms with van der Waals surface area (Å²) in [5.74, 6) is -0.534. The van der Waals surface area contributed by atoms with Crippen LogP contribution in [0, 0.1) is 11.3 Å². The fourth-order valence-electron chi connectivity index (χ4n) is 2.15. The summed E-state index contributed by atoms with van der Waals surface area (Å²) in [6, 6.07) is 11.6. The molecule has 1 aromatic carbocycles. The topological polar surface area (TPSA) is 50.1 Å². The van der Waals surface area contributed by atoms with E-state index in [4.69, 9.17) is 10.00 Å². The van der Waals surface area contributed by atoms with Crippen LogP contribution in [-0.2, 0) is 9.53 Å². The number of hydrogen-bond acceptors (Lipinski definition) is 3. The molecule has 1 rings (SSSR count). The lowest BCUT2D eigenvalue weighted by Crippen LogP contribution is -2.18. The van der Waals surface area contributed by atoms with Crippen molar-refractivity contribution in [2.45, 2.75) is 52.1 Å². The minimum Gasteiger partial charge on any atom is -0.458 e. The van der Waals surface area contributed by atoms with E-state index >= 15 is 0 Å². The number of esters is 1.